The Bertz CT molecular complexity index is 730. The van der Waals surface area contributed by atoms with Crippen LogP contribution in [-0.2, 0) is 13.1 Å². The smallest absolute Gasteiger partial charge is 0.274 e. The second-order valence-electron chi connectivity index (χ2n) is 6.02. The third kappa shape index (κ3) is 4.46. The Morgan fingerprint density at radius 3 is 2.72 bits per heavy atom. The molecule has 1 amide bonds. The molecule has 25 heavy (non-hydrogen) atoms. The van der Waals surface area contributed by atoms with Gasteiger partial charge in [-0.15, -0.1) is 12.4 Å². The third-order valence-corrected chi connectivity index (χ3v) is 4.21. The molecule has 0 aliphatic carbocycles. The Kier molecular flexibility index (Phi) is 6.73. The molecule has 1 aromatic heterocycles. The number of rotatable bonds is 5. The third-order valence-electron chi connectivity index (χ3n) is 4.21. The molecular weight excluding hydrogens is 340 g/mol. The first-order chi connectivity index (χ1) is 11.7. The van der Waals surface area contributed by atoms with Gasteiger partial charge in [0.05, 0.1) is 0 Å². The van der Waals surface area contributed by atoms with Crippen LogP contribution in [0.2, 0.25) is 0 Å². The lowest BCUT2D eigenvalue weighted by atomic mass is 10.1. The van der Waals surface area contributed by atoms with Crippen molar-refractivity contribution < 1.29 is 9.59 Å². The molecule has 1 aliphatic heterocycles. The van der Waals surface area contributed by atoms with Crippen LogP contribution in [0.3, 0.4) is 0 Å². The number of fused-ring (bicyclic) bond motifs is 1. The van der Waals surface area contributed by atoms with Gasteiger partial charge in [0, 0.05) is 38.7 Å². The minimum Gasteiger partial charge on any atom is -0.332 e. The predicted octanol–water partition coefficient (Wildman–Crippen LogP) is 2.27. The molecule has 7 heteroatoms. The molecular formula is C18H23ClN4O2. The van der Waals surface area contributed by atoms with Gasteiger partial charge in [0.2, 0.25) is 0 Å². The highest BCUT2D eigenvalue weighted by Gasteiger charge is 2.24. The molecule has 0 saturated carbocycles. The average Bonchev–Trinajstić information content (AvgIpc) is 2.95. The van der Waals surface area contributed by atoms with Crippen molar-refractivity contribution in [2.24, 2.45) is 5.73 Å². The van der Waals surface area contributed by atoms with Gasteiger partial charge in [0.25, 0.3) is 5.91 Å². The lowest BCUT2D eigenvalue weighted by Gasteiger charge is -2.21. The molecule has 0 saturated heterocycles. The molecule has 2 N–H and O–H groups in total. The number of hydrogen-bond acceptors (Lipinski definition) is 4. The fourth-order valence-corrected chi connectivity index (χ4v) is 2.97. The van der Waals surface area contributed by atoms with Crippen molar-refractivity contribution in [2.45, 2.75) is 32.4 Å². The Labute approximate surface area is 153 Å². The molecule has 1 aliphatic rings. The van der Waals surface area contributed by atoms with Crippen LogP contribution in [0.25, 0.3) is 0 Å². The minimum atomic E-state index is -0.183. The van der Waals surface area contributed by atoms with Gasteiger partial charge in [-0.3, -0.25) is 14.3 Å². The maximum absolute atomic E-state index is 12.8. The van der Waals surface area contributed by atoms with E-state index in [-0.39, 0.29) is 24.1 Å². The quantitative estimate of drug-likeness (QED) is 0.884. The van der Waals surface area contributed by atoms with E-state index in [0.29, 0.717) is 44.0 Å². The average molecular weight is 363 g/mol. The number of nitrogens with two attached hydrogens (primary N) is 1. The molecule has 3 rings (SSSR count). The van der Waals surface area contributed by atoms with Crippen LogP contribution in [0.15, 0.2) is 36.4 Å². The molecule has 134 valence electrons. The molecule has 0 fully saturated rings. The van der Waals surface area contributed by atoms with E-state index in [0.717, 1.165) is 18.4 Å². The fourth-order valence-electron chi connectivity index (χ4n) is 2.97. The van der Waals surface area contributed by atoms with Crippen LogP contribution in [0.4, 0.5) is 0 Å². The van der Waals surface area contributed by atoms with E-state index in [4.69, 9.17) is 5.73 Å². The Morgan fingerprint density at radius 1 is 1.24 bits per heavy atom. The van der Waals surface area contributed by atoms with Gasteiger partial charge in [0.1, 0.15) is 5.69 Å². The number of benzene rings is 1. The molecule has 0 atom stereocenters. The summed E-state index contributed by atoms with van der Waals surface area (Å²) in [5.74, 6) is -0.120. The van der Waals surface area contributed by atoms with Crippen LogP contribution in [0, 0.1) is 0 Å². The summed E-state index contributed by atoms with van der Waals surface area (Å²) in [6, 6.07) is 11.4. The van der Waals surface area contributed by atoms with Crippen LogP contribution >= 0.6 is 12.4 Å². The standard InChI is InChI=1S/C18H22N4O2.ClH/c19-9-11-21(13-14-6-2-1-3-7-14)18(24)15-12-16-17(23)8-4-5-10-22(16)20-15;/h1-3,6-7,12H,4-5,8-11,13,19H2;1H. The predicted molar refractivity (Wildman–Crippen MR) is 97.9 cm³/mol. The number of ketones is 1. The van der Waals surface area contributed by atoms with E-state index in [1.807, 2.05) is 30.3 Å². The number of halogens is 1. The van der Waals surface area contributed by atoms with E-state index in [1.54, 1.807) is 15.6 Å². The zero-order valence-electron chi connectivity index (χ0n) is 14.1. The SMILES string of the molecule is Cl.NCCN(Cc1ccccc1)C(=O)c1cc2n(n1)CCCCC2=O. The summed E-state index contributed by atoms with van der Waals surface area (Å²) in [4.78, 5) is 26.6. The second kappa shape index (κ2) is 8.78. The van der Waals surface area contributed by atoms with Crippen LogP contribution in [0.5, 0.6) is 0 Å². The van der Waals surface area contributed by atoms with Gasteiger partial charge in [-0.05, 0) is 18.4 Å². The monoisotopic (exact) mass is 362 g/mol. The summed E-state index contributed by atoms with van der Waals surface area (Å²) >= 11 is 0. The molecule has 2 aromatic rings. The number of carbonyl (C=O) groups is 2. The molecule has 0 bridgehead atoms. The molecule has 1 aromatic carbocycles. The molecule has 0 spiro atoms. The van der Waals surface area contributed by atoms with E-state index >= 15 is 0 Å². The van der Waals surface area contributed by atoms with E-state index in [1.165, 1.54) is 0 Å². The van der Waals surface area contributed by atoms with E-state index in [9.17, 15) is 9.59 Å². The fraction of sp³-hybridized carbons (Fsp3) is 0.389. The highest BCUT2D eigenvalue weighted by Crippen LogP contribution is 2.17. The highest BCUT2D eigenvalue weighted by molar-refractivity contribution is 5.99. The van der Waals surface area contributed by atoms with E-state index < -0.39 is 0 Å². The topological polar surface area (TPSA) is 81.2 Å². The first kappa shape index (κ1) is 19.1. The van der Waals surface area contributed by atoms with Gasteiger partial charge >= 0.3 is 0 Å². The largest absolute Gasteiger partial charge is 0.332 e. The van der Waals surface area contributed by atoms with Gasteiger partial charge < -0.3 is 10.6 Å². The van der Waals surface area contributed by atoms with Crippen molar-refractivity contribution in [1.29, 1.82) is 0 Å². The van der Waals surface area contributed by atoms with Crippen LogP contribution in [0.1, 0.15) is 45.8 Å². The first-order valence-electron chi connectivity index (χ1n) is 8.33. The Morgan fingerprint density at radius 2 is 2.00 bits per heavy atom. The van der Waals surface area contributed by atoms with Crippen molar-refractivity contribution >= 4 is 24.1 Å². The van der Waals surface area contributed by atoms with Crippen molar-refractivity contribution in [3.63, 3.8) is 0 Å². The van der Waals surface area contributed by atoms with E-state index in [2.05, 4.69) is 5.10 Å². The van der Waals surface area contributed by atoms with Gasteiger partial charge in [-0.2, -0.15) is 5.10 Å². The number of amides is 1. The van der Waals surface area contributed by atoms with Crippen molar-refractivity contribution in [2.75, 3.05) is 13.1 Å². The summed E-state index contributed by atoms with van der Waals surface area (Å²) in [6.45, 7) is 1.99. The maximum atomic E-state index is 12.8. The summed E-state index contributed by atoms with van der Waals surface area (Å²) in [5.41, 5.74) is 7.57. The maximum Gasteiger partial charge on any atom is 0.274 e. The number of aromatic nitrogens is 2. The number of aryl methyl sites for hydroxylation is 1. The summed E-state index contributed by atoms with van der Waals surface area (Å²) in [6.07, 6.45) is 2.30. The Balaban J connectivity index is 0.00000225. The van der Waals surface area contributed by atoms with Crippen LogP contribution < -0.4 is 5.73 Å². The summed E-state index contributed by atoms with van der Waals surface area (Å²) in [5, 5.41) is 4.37. The number of nitrogens with zero attached hydrogens (tertiary/aromatic N) is 3. The molecule has 0 radical (unpaired) electrons. The van der Waals surface area contributed by atoms with Crippen LogP contribution in [-0.4, -0.2) is 39.5 Å². The lowest BCUT2D eigenvalue weighted by Crippen LogP contribution is -2.35. The first-order valence-corrected chi connectivity index (χ1v) is 8.33. The minimum absolute atomic E-state index is 0. The number of carbonyl (C=O) groups excluding carboxylic acids is 2. The van der Waals surface area contributed by atoms with Gasteiger partial charge in [-0.25, -0.2) is 0 Å². The van der Waals surface area contributed by atoms with Crippen molar-refractivity contribution in [3.8, 4) is 0 Å². The lowest BCUT2D eigenvalue weighted by molar-refractivity contribution is 0.0741. The second-order valence-corrected chi connectivity index (χ2v) is 6.02. The molecule has 2 heterocycles. The normalized spacial score (nSPS) is 13.6. The number of Topliss-reactive ketones (excluding diaryl/α,β-unsaturated/α-hetero) is 1. The van der Waals surface area contributed by atoms with Crippen molar-refractivity contribution in [1.82, 2.24) is 14.7 Å². The molecule has 6 nitrogen and oxygen atoms in total. The van der Waals surface area contributed by atoms with Crippen molar-refractivity contribution in [3.05, 3.63) is 53.3 Å². The summed E-state index contributed by atoms with van der Waals surface area (Å²) in [7, 11) is 0. The zero-order valence-corrected chi connectivity index (χ0v) is 14.9. The number of hydrogen-bond donors (Lipinski definition) is 1. The van der Waals surface area contributed by atoms with Gasteiger partial charge in [-0.1, -0.05) is 30.3 Å². The zero-order chi connectivity index (χ0) is 16.9. The summed E-state index contributed by atoms with van der Waals surface area (Å²) < 4.78 is 1.67. The highest BCUT2D eigenvalue weighted by atomic mass is 35.5. The van der Waals surface area contributed by atoms with Gasteiger partial charge in [0.15, 0.2) is 11.5 Å². The Hall–Kier alpha value is -2.18. The molecule has 0 unspecified atom stereocenters.